The van der Waals surface area contributed by atoms with Crippen LogP contribution in [0.25, 0.3) is 0 Å². The fourth-order valence-electron chi connectivity index (χ4n) is 2.16. The Labute approximate surface area is 139 Å². The first-order valence-corrected chi connectivity index (χ1v) is 9.55. The van der Waals surface area contributed by atoms with Gasteiger partial charge >= 0.3 is 5.97 Å². The Morgan fingerprint density at radius 3 is 2.74 bits per heavy atom. The van der Waals surface area contributed by atoms with E-state index in [2.05, 4.69) is 4.98 Å². The molecule has 1 fully saturated rings. The van der Waals surface area contributed by atoms with Crippen molar-refractivity contribution < 1.29 is 27.4 Å². The number of hydrogen-bond acceptors (Lipinski definition) is 7. The zero-order valence-electron chi connectivity index (χ0n) is 12.7. The van der Waals surface area contributed by atoms with Gasteiger partial charge in [0.25, 0.3) is 9.05 Å². The van der Waals surface area contributed by atoms with Gasteiger partial charge in [-0.3, -0.25) is 0 Å². The Balaban J connectivity index is 2.20. The van der Waals surface area contributed by atoms with Gasteiger partial charge in [-0.1, -0.05) is 0 Å². The molecule has 0 amide bonds. The van der Waals surface area contributed by atoms with Gasteiger partial charge in [0.05, 0.1) is 19.4 Å². The topological polar surface area (TPSA) is 91.8 Å². The van der Waals surface area contributed by atoms with Crippen molar-refractivity contribution in [2.24, 2.45) is 5.92 Å². The lowest BCUT2D eigenvalue weighted by molar-refractivity contribution is 0.0466. The molecule has 1 aliphatic heterocycles. The predicted octanol–water partition coefficient (Wildman–Crippen LogP) is 1.99. The van der Waals surface area contributed by atoms with Crippen LogP contribution in [-0.2, 0) is 18.5 Å². The third kappa shape index (κ3) is 5.05. The number of rotatable bonds is 6. The van der Waals surface area contributed by atoms with Crippen molar-refractivity contribution >= 4 is 25.7 Å². The van der Waals surface area contributed by atoms with E-state index >= 15 is 0 Å². The summed E-state index contributed by atoms with van der Waals surface area (Å²) in [6.45, 7) is 3.57. The molecule has 2 heterocycles. The molecule has 0 unspecified atom stereocenters. The highest BCUT2D eigenvalue weighted by molar-refractivity contribution is 8.13. The second kappa shape index (κ2) is 7.94. The molecule has 0 aliphatic carbocycles. The first-order chi connectivity index (χ1) is 10.9. The number of ether oxygens (including phenoxy) is 3. The minimum Gasteiger partial charge on any atom is -0.491 e. The van der Waals surface area contributed by atoms with Crippen LogP contribution >= 0.6 is 10.7 Å². The first kappa shape index (κ1) is 18.0. The lowest BCUT2D eigenvalue weighted by Crippen LogP contribution is -2.22. The molecule has 0 N–H and O–H groups in total. The summed E-state index contributed by atoms with van der Waals surface area (Å²) >= 11 is 0. The quantitative estimate of drug-likeness (QED) is 0.563. The molecule has 9 heteroatoms. The van der Waals surface area contributed by atoms with Crippen molar-refractivity contribution in [1.82, 2.24) is 4.98 Å². The lowest BCUT2D eigenvalue weighted by Gasteiger charge is -2.22. The highest BCUT2D eigenvalue weighted by Gasteiger charge is 2.22. The number of halogens is 1. The van der Waals surface area contributed by atoms with Crippen molar-refractivity contribution in [3.8, 4) is 5.75 Å². The van der Waals surface area contributed by atoms with Gasteiger partial charge in [-0.15, -0.1) is 0 Å². The summed E-state index contributed by atoms with van der Waals surface area (Å²) in [5.41, 5.74) is -0.00636. The minimum atomic E-state index is -4.04. The van der Waals surface area contributed by atoms with Crippen molar-refractivity contribution in [2.45, 2.75) is 24.8 Å². The largest absolute Gasteiger partial charge is 0.491 e. The molecule has 0 saturated carbocycles. The predicted molar refractivity (Wildman–Crippen MR) is 82.3 cm³/mol. The van der Waals surface area contributed by atoms with Crippen LogP contribution in [0, 0.1) is 5.92 Å². The van der Waals surface area contributed by atoms with Crippen LogP contribution in [0.15, 0.2) is 17.3 Å². The number of carbonyl (C=O) groups is 1. The molecule has 0 radical (unpaired) electrons. The summed E-state index contributed by atoms with van der Waals surface area (Å²) in [7, 11) is 1.22. The molecule has 128 valence electrons. The molecular weight excluding hydrogens is 346 g/mol. The zero-order chi connectivity index (χ0) is 16.9. The van der Waals surface area contributed by atoms with E-state index in [1.165, 1.54) is 6.20 Å². The Morgan fingerprint density at radius 2 is 2.13 bits per heavy atom. The Kier molecular flexibility index (Phi) is 6.20. The second-order valence-corrected chi connectivity index (χ2v) is 7.56. The van der Waals surface area contributed by atoms with E-state index in [1.807, 2.05) is 0 Å². The van der Waals surface area contributed by atoms with Crippen LogP contribution in [0.4, 0.5) is 0 Å². The summed E-state index contributed by atoms with van der Waals surface area (Å²) in [6.07, 6.45) is 2.92. The maximum Gasteiger partial charge on any atom is 0.342 e. The van der Waals surface area contributed by atoms with Crippen LogP contribution < -0.4 is 4.74 Å². The number of nitrogens with zero attached hydrogens (tertiary/aromatic N) is 1. The van der Waals surface area contributed by atoms with Gasteiger partial charge in [0.1, 0.15) is 5.56 Å². The number of hydrogen-bond donors (Lipinski definition) is 0. The van der Waals surface area contributed by atoms with E-state index in [-0.39, 0.29) is 17.9 Å². The third-order valence-corrected chi connectivity index (χ3v) is 4.60. The molecule has 0 spiro atoms. The van der Waals surface area contributed by atoms with Crippen molar-refractivity contribution in [1.29, 1.82) is 0 Å². The van der Waals surface area contributed by atoms with Gasteiger partial charge < -0.3 is 14.2 Å². The smallest absolute Gasteiger partial charge is 0.342 e. The molecular formula is C14H18ClNO6S. The zero-order valence-corrected chi connectivity index (χ0v) is 14.2. The molecule has 1 aliphatic rings. The van der Waals surface area contributed by atoms with Crippen LogP contribution in [0.2, 0.25) is 0 Å². The molecule has 7 nitrogen and oxygen atoms in total. The molecule has 23 heavy (non-hydrogen) atoms. The summed E-state index contributed by atoms with van der Waals surface area (Å²) in [6, 6.07) is 1.07. The number of aromatic nitrogens is 1. The molecule has 1 aromatic rings. The molecule has 1 aromatic heterocycles. The summed E-state index contributed by atoms with van der Waals surface area (Å²) in [4.78, 5) is 15.7. The number of pyridine rings is 1. The van der Waals surface area contributed by atoms with Gasteiger partial charge in [0.2, 0.25) is 0 Å². The van der Waals surface area contributed by atoms with Crippen LogP contribution in [0.5, 0.6) is 5.75 Å². The molecule has 1 saturated heterocycles. The molecule has 0 bridgehead atoms. The third-order valence-electron chi connectivity index (χ3n) is 3.40. The van der Waals surface area contributed by atoms with Crippen LogP contribution in [0.3, 0.4) is 0 Å². The highest BCUT2D eigenvalue weighted by Crippen LogP contribution is 2.25. The normalized spacial score (nSPS) is 16.1. The van der Waals surface area contributed by atoms with Crippen molar-refractivity contribution in [3.05, 3.63) is 17.8 Å². The Bertz CT molecular complexity index is 657. The maximum absolute atomic E-state index is 12.0. The van der Waals surface area contributed by atoms with Crippen LogP contribution in [0.1, 0.15) is 30.1 Å². The van der Waals surface area contributed by atoms with E-state index in [4.69, 9.17) is 24.9 Å². The summed E-state index contributed by atoms with van der Waals surface area (Å²) < 4.78 is 38.6. The Hall–Kier alpha value is -1.38. The van der Waals surface area contributed by atoms with Crippen molar-refractivity contribution in [2.75, 3.05) is 26.4 Å². The second-order valence-electron chi connectivity index (χ2n) is 5.04. The van der Waals surface area contributed by atoms with E-state index in [0.29, 0.717) is 25.7 Å². The number of carbonyl (C=O) groups excluding carboxylic acids is 1. The monoisotopic (exact) mass is 363 g/mol. The molecule has 2 rings (SSSR count). The maximum atomic E-state index is 12.0. The van der Waals surface area contributed by atoms with Crippen LogP contribution in [-0.4, -0.2) is 45.8 Å². The number of esters is 1. The van der Waals surface area contributed by atoms with Crippen molar-refractivity contribution in [3.63, 3.8) is 0 Å². The van der Waals surface area contributed by atoms with E-state index in [9.17, 15) is 13.2 Å². The van der Waals surface area contributed by atoms with Gasteiger partial charge in [0, 0.05) is 23.9 Å². The van der Waals surface area contributed by atoms with E-state index in [1.54, 1.807) is 6.92 Å². The fourth-order valence-corrected chi connectivity index (χ4v) is 2.85. The van der Waals surface area contributed by atoms with Gasteiger partial charge in [-0.25, -0.2) is 18.2 Å². The summed E-state index contributed by atoms with van der Waals surface area (Å²) in [5, 5.41) is -0.416. The van der Waals surface area contributed by atoms with Gasteiger partial charge in [-0.2, -0.15) is 0 Å². The molecule has 0 atom stereocenters. The van der Waals surface area contributed by atoms with Gasteiger partial charge in [-0.05, 0) is 31.7 Å². The summed E-state index contributed by atoms with van der Waals surface area (Å²) in [5.74, 6) is -0.187. The molecule has 0 aromatic carbocycles. The fraction of sp³-hybridized carbons (Fsp3) is 0.571. The standard InChI is InChI=1S/C14H18ClNO6S/c1-2-21-14(17)11-7-13(23(15,18)19)16-8-12(11)22-9-10-3-5-20-6-4-10/h7-8,10H,2-6,9H2,1H3. The average molecular weight is 364 g/mol. The average Bonchev–Trinajstić information content (AvgIpc) is 2.53. The van der Waals surface area contributed by atoms with E-state index in [0.717, 1.165) is 18.9 Å². The first-order valence-electron chi connectivity index (χ1n) is 7.24. The minimum absolute atomic E-state index is 0.00636. The SMILES string of the molecule is CCOC(=O)c1cc(S(=O)(=O)Cl)ncc1OCC1CCOCC1. The Morgan fingerprint density at radius 1 is 1.43 bits per heavy atom. The highest BCUT2D eigenvalue weighted by atomic mass is 35.7. The van der Waals surface area contributed by atoms with Gasteiger partial charge in [0.15, 0.2) is 10.8 Å². The van der Waals surface area contributed by atoms with E-state index < -0.39 is 20.0 Å². The lowest BCUT2D eigenvalue weighted by atomic mass is 10.0.